The molecule has 2 amide bonds. The van der Waals surface area contributed by atoms with Crippen molar-refractivity contribution < 1.29 is 9.59 Å². The molecule has 6 heteroatoms. The Labute approximate surface area is 130 Å². The zero-order valence-electron chi connectivity index (χ0n) is 13.2. The van der Waals surface area contributed by atoms with Crippen LogP contribution < -0.4 is 0 Å². The summed E-state index contributed by atoms with van der Waals surface area (Å²) in [6.45, 7) is 6.16. The topological polar surface area (TPSA) is 56.8 Å². The van der Waals surface area contributed by atoms with Gasteiger partial charge in [-0.15, -0.1) is 0 Å². The van der Waals surface area contributed by atoms with E-state index in [4.69, 9.17) is 0 Å². The molecule has 0 saturated carbocycles. The summed E-state index contributed by atoms with van der Waals surface area (Å²) in [5, 5.41) is 0. The summed E-state index contributed by atoms with van der Waals surface area (Å²) in [5.74, 6) is 0.148. The maximum absolute atomic E-state index is 12.8. The first-order valence-electron chi connectivity index (χ1n) is 7.75. The summed E-state index contributed by atoms with van der Waals surface area (Å²) in [6.07, 6.45) is 4.19. The van der Waals surface area contributed by atoms with Gasteiger partial charge in [-0.2, -0.15) is 0 Å². The second-order valence-corrected chi connectivity index (χ2v) is 6.11. The van der Waals surface area contributed by atoms with Crippen molar-refractivity contribution in [2.45, 2.75) is 19.9 Å². The van der Waals surface area contributed by atoms with E-state index in [9.17, 15) is 9.59 Å². The van der Waals surface area contributed by atoms with Crippen molar-refractivity contribution in [1.82, 2.24) is 19.7 Å². The van der Waals surface area contributed by atoms with Crippen LogP contribution in [0.5, 0.6) is 0 Å². The first-order valence-corrected chi connectivity index (χ1v) is 7.75. The minimum Gasteiger partial charge on any atom is -0.338 e. The number of piperazine rings is 1. The number of likely N-dealkylation sites (N-methyl/N-ethyl adjacent to an activating group) is 1. The fourth-order valence-corrected chi connectivity index (χ4v) is 3.13. The van der Waals surface area contributed by atoms with Gasteiger partial charge in [0.2, 0.25) is 5.91 Å². The largest absolute Gasteiger partial charge is 0.338 e. The molecule has 0 bridgehead atoms. The highest BCUT2D eigenvalue weighted by Gasteiger charge is 2.27. The van der Waals surface area contributed by atoms with E-state index in [0.717, 1.165) is 43.7 Å². The standard InChI is InChI=1S/C16H22N4O2/c1-12(21)20-4-3-14-13(11-20)9-17-10-15(14)16(22)19-7-5-18(2)6-8-19/h9-10H,3-8,11H2,1-2H3. The van der Waals surface area contributed by atoms with Crippen molar-refractivity contribution in [1.29, 1.82) is 0 Å². The van der Waals surface area contributed by atoms with Gasteiger partial charge in [0.15, 0.2) is 0 Å². The van der Waals surface area contributed by atoms with Crippen LogP contribution in [0.3, 0.4) is 0 Å². The zero-order valence-corrected chi connectivity index (χ0v) is 13.2. The van der Waals surface area contributed by atoms with Crippen molar-refractivity contribution in [2.75, 3.05) is 39.8 Å². The second-order valence-electron chi connectivity index (χ2n) is 6.11. The molecule has 0 spiro atoms. The number of rotatable bonds is 1. The number of hydrogen-bond donors (Lipinski definition) is 0. The van der Waals surface area contributed by atoms with Crippen molar-refractivity contribution in [3.63, 3.8) is 0 Å². The van der Waals surface area contributed by atoms with Gasteiger partial charge >= 0.3 is 0 Å². The van der Waals surface area contributed by atoms with Gasteiger partial charge in [-0.25, -0.2) is 0 Å². The van der Waals surface area contributed by atoms with Crippen LogP contribution in [0.15, 0.2) is 12.4 Å². The molecule has 0 radical (unpaired) electrons. The van der Waals surface area contributed by atoms with Crippen LogP contribution >= 0.6 is 0 Å². The molecule has 22 heavy (non-hydrogen) atoms. The van der Waals surface area contributed by atoms with Crippen LogP contribution in [0.4, 0.5) is 0 Å². The third-order valence-electron chi connectivity index (χ3n) is 4.61. The van der Waals surface area contributed by atoms with E-state index in [1.54, 1.807) is 24.2 Å². The number of pyridine rings is 1. The Morgan fingerprint density at radius 1 is 1.05 bits per heavy atom. The number of nitrogens with zero attached hydrogens (tertiary/aromatic N) is 4. The van der Waals surface area contributed by atoms with Crippen molar-refractivity contribution in [3.8, 4) is 0 Å². The summed E-state index contributed by atoms with van der Waals surface area (Å²) >= 11 is 0. The summed E-state index contributed by atoms with van der Waals surface area (Å²) < 4.78 is 0. The number of carbonyl (C=O) groups excluding carboxylic acids is 2. The van der Waals surface area contributed by atoms with Gasteiger partial charge < -0.3 is 14.7 Å². The normalized spacial score (nSPS) is 19.0. The van der Waals surface area contributed by atoms with Gasteiger partial charge in [0.25, 0.3) is 5.91 Å². The van der Waals surface area contributed by atoms with Gasteiger partial charge in [0.1, 0.15) is 0 Å². The molecule has 0 aromatic carbocycles. The second kappa shape index (κ2) is 6.04. The summed E-state index contributed by atoms with van der Waals surface area (Å²) in [7, 11) is 2.07. The highest BCUT2D eigenvalue weighted by atomic mass is 16.2. The Morgan fingerprint density at radius 2 is 1.77 bits per heavy atom. The van der Waals surface area contributed by atoms with Gasteiger partial charge in [-0.3, -0.25) is 14.6 Å². The fraction of sp³-hybridized carbons (Fsp3) is 0.562. The predicted molar refractivity (Wildman–Crippen MR) is 82.4 cm³/mol. The van der Waals surface area contributed by atoms with Crippen LogP contribution in [0.1, 0.15) is 28.4 Å². The maximum Gasteiger partial charge on any atom is 0.255 e. The molecule has 1 fully saturated rings. The molecule has 1 aromatic heterocycles. The molecule has 0 aliphatic carbocycles. The van der Waals surface area contributed by atoms with E-state index < -0.39 is 0 Å². The molecule has 3 heterocycles. The number of carbonyl (C=O) groups is 2. The quantitative estimate of drug-likeness (QED) is 0.752. The predicted octanol–water partition coefficient (Wildman–Crippen LogP) is 0.374. The molecule has 0 unspecified atom stereocenters. The van der Waals surface area contributed by atoms with E-state index in [2.05, 4.69) is 16.9 Å². The maximum atomic E-state index is 12.8. The van der Waals surface area contributed by atoms with Gasteiger partial charge in [-0.05, 0) is 24.6 Å². The first-order chi connectivity index (χ1) is 10.6. The highest BCUT2D eigenvalue weighted by molar-refractivity contribution is 5.96. The summed E-state index contributed by atoms with van der Waals surface area (Å²) in [5.41, 5.74) is 2.78. The summed E-state index contributed by atoms with van der Waals surface area (Å²) in [6, 6.07) is 0. The molecule has 118 valence electrons. The Kier molecular flexibility index (Phi) is 4.11. The van der Waals surface area contributed by atoms with Gasteiger partial charge in [0.05, 0.1) is 5.56 Å². The molecule has 6 nitrogen and oxygen atoms in total. The van der Waals surface area contributed by atoms with E-state index >= 15 is 0 Å². The minimum atomic E-state index is 0.0708. The van der Waals surface area contributed by atoms with Crippen LogP contribution in [-0.4, -0.2) is 71.3 Å². The number of fused-ring (bicyclic) bond motifs is 1. The van der Waals surface area contributed by atoms with Crippen LogP contribution in [0.25, 0.3) is 0 Å². The Hall–Kier alpha value is -1.95. The van der Waals surface area contributed by atoms with E-state index in [0.29, 0.717) is 18.7 Å². The molecule has 0 N–H and O–H groups in total. The molecular formula is C16H22N4O2. The van der Waals surface area contributed by atoms with Crippen molar-refractivity contribution >= 4 is 11.8 Å². The average Bonchev–Trinajstić information content (AvgIpc) is 2.53. The van der Waals surface area contributed by atoms with Crippen molar-refractivity contribution in [2.24, 2.45) is 0 Å². The lowest BCUT2D eigenvalue weighted by atomic mass is 9.96. The Balaban J connectivity index is 1.82. The number of aromatic nitrogens is 1. The van der Waals surface area contributed by atoms with E-state index in [1.165, 1.54) is 0 Å². The third-order valence-corrected chi connectivity index (χ3v) is 4.61. The highest BCUT2D eigenvalue weighted by Crippen LogP contribution is 2.23. The lowest BCUT2D eigenvalue weighted by Gasteiger charge is -2.34. The number of amides is 2. The average molecular weight is 302 g/mol. The monoisotopic (exact) mass is 302 g/mol. The Morgan fingerprint density at radius 3 is 2.45 bits per heavy atom. The van der Waals surface area contributed by atoms with E-state index in [-0.39, 0.29) is 11.8 Å². The zero-order chi connectivity index (χ0) is 15.7. The van der Waals surface area contributed by atoms with Crippen LogP contribution in [0, 0.1) is 0 Å². The third kappa shape index (κ3) is 2.83. The lowest BCUT2D eigenvalue weighted by molar-refractivity contribution is -0.129. The molecular weight excluding hydrogens is 280 g/mol. The van der Waals surface area contributed by atoms with Crippen molar-refractivity contribution in [3.05, 3.63) is 29.1 Å². The van der Waals surface area contributed by atoms with Crippen LogP contribution in [-0.2, 0) is 17.8 Å². The molecule has 3 rings (SSSR count). The SMILES string of the molecule is CC(=O)N1CCc2c(cncc2C(=O)N2CCN(C)CC2)C1. The number of hydrogen-bond acceptors (Lipinski definition) is 4. The smallest absolute Gasteiger partial charge is 0.255 e. The molecule has 1 saturated heterocycles. The van der Waals surface area contributed by atoms with Gasteiger partial charge in [0, 0.05) is 58.6 Å². The minimum absolute atomic E-state index is 0.0708. The first kappa shape index (κ1) is 15.0. The molecule has 1 aromatic rings. The Bertz CT molecular complexity index is 594. The molecule has 2 aliphatic rings. The molecule has 0 atom stereocenters. The molecule has 2 aliphatic heterocycles. The van der Waals surface area contributed by atoms with Crippen LogP contribution in [0.2, 0.25) is 0 Å². The van der Waals surface area contributed by atoms with Gasteiger partial charge in [-0.1, -0.05) is 0 Å². The lowest BCUT2D eigenvalue weighted by Crippen LogP contribution is -2.47. The van der Waals surface area contributed by atoms with E-state index in [1.807, 2.05) is 4.90 Å². The summed E-state index contributed by atoms with van der Waals surface area (Å²) in [4.78, 5) is 34.5. The fourth-order valence-electron chi connectivity index (χ4n) is 3.13.